The molecule has 0 bridgehead atoms. The second-order valence-corrected chi connectivity index (χ2v) is 6.33. The summed E-state index contributed by atoms with van der Waals surface area (Å²) >= 11 is 0. The van der Waals surface area contributed by atoms with Crippen molar-refractivity contribution < 1.29 is 4.74 Å². The number of hydrogen-bond acceptors (Lipinski definition) is 2. The standard InChI is InChI=1S/C23H25NO.ClH/c1-19-10-12-21(13-11-19)18-25-23-9-5-8-22(16-23)17-24-15-14-20-6-3-2-4-7-20;/h2-13,16,24H,14-15,17-18H2,1H3;1H. The first-order chi connectivity index (χ1) is 12.3. The minimum Gasteiger partial charge on any atom is -0.489 e. The van der Waals surface area contributed by atoms with Gasteiger partial charge < -0.3 is 10.1 Å². The summed E-state index contributed by atoms with van der Waals surface area (Å²) in [5.74, 6) is 0.919. The molecule has 0 atom stereocenters. The zero-order valence-corrected chi connectivity index (χ0v) is 16.0. The Morgan fingerprint density at radius 1 is 0.769 bits per heavy atom. The highest BCUT2D eigenvalue weighted by molar-refractivity contribution is 5.85. The average Bonchev–Trinajstić information content (AvgIpc) is 2.66. The summed E-state index contributed by atoms with van der Waals surface area (Å²) in [6.45, 7) is 4.52. The summed E-state index contributed by atoms with van der Waals surface area (Å²) in [5.41, 5.74) is 5.07. The third kappa shape index (κ3) is 6.55. The van der Waals surface area contributed by atoms with Crippen molar-refractivity contribution in [2.24, 2.45) is 0 Å². The van der Waals surface area contributed by atoms with Gasteiger partial charge in [0.15, 0.2) is 0 Å². The lowest BCUT2D eigenvalue weighted by molar-refractivity contribution is 0.306. The van der Waals surface area contributed by atoms with Crippen LogP contribution in [0.5, 0.6) is 5.75 Å². The highest BCUT2D eigenvalue weighted by Crippen LogP contribution is 2.15. The molecule has 3 rings (SSSR count). The molecule has 0 heterocycles. The van der Waals surface area contributed by atoms with Crippen LogP contribution in [0.25, 0.3) is 0 Å². The fourth-order valence-electron chi connectivity index (χ4n) is 2.71. The van der Waals surface area contributed by atoms with E-state index in [-0.39, 0.29) is 12.4 Å². The topological polar surface area (TPSA) is 21.3 Å². The van der Waals surface area contributed by atoms with E-state index in [0.717, 1.165) is 25.3 Å². The summed E-state index contributed by atoms with van der Waals surface area (Å²) in [5, 5.41) is 3.50. The molecule has 0 fully saturated rings. The maximum Gasteiger partial charge on any atom is 0.120 e. The van der Waals surface area contributed by atoms with Crippen molar-refractivity contribution in [3.8, 4) is 5.75 Å². The summed E-state index contributed by atoms with van der Waals surface area (Å²) < 4.78 is 5.92. The van der Waals surface area contributed by atoms with Crippen molar-refractivity contribution in [3.63, 3.8) is 0 Å². The molecule has 26 heavy (non-hydrogen) atoms. The molecule has 0 aliphatic carbocycles. The van der Waals surface area contributed by atoms with Gasteiger partial charge in [-0.25, -0.2) is 0 Å². The van der Waals surface area contributed by atoms with Crippen LogP contribution in [0.3, 0.4) is 0 Å². The second-order valence-electron chi connectivity index (χ2n) is 6.33. The quantitative estimate of drug-likeness (QED) is 0.543. The Labute approximate surface area is 162 Å². The molecule has 136 valence electrons. The molecule has 0 radical (unpaired) electrons. The molecule has 0 saturated heterocycles. The lowest BCUT2D eigenvalue weighted by atomic mass is 10.1. The summed E-state index contributed by atoms with van der Waals surface area (Å²) in [6.07, 6.45) is 1.05. The summed E-state index contributed by atoms with van der Waals surface area (Å²) in [7, 11) is 0. The molecule has 0 saturated carbocycles. The van der Waals surface area contributed by atoms with E-state index in [4.69, 9.17) is 4.74 Å². The Hall–Kier alpha value is -2.29. The molecule has 0 aliphatic heterocycles. The number of benzene rings is 3. The number of ether oxygens (including phenoxy) is 1. The van der Waals surface area contributed by atoms with Crippen LogP contribution in [-0.2, 0) is 19.6 Å². The van der Waals surface area contributed by atoms with Crippen molar-refractivity contribution in [2.45, 2.75) is 26.5 Å². The minimum absolute atomic E-state index is 0. The Bertz CT molecular complexity index is 772. The van der Waals surface area contributed by atoms with Crippen molar-refractivity contribution in [1.29, 1.82) is 0 Å². The molecule has 3 aromatic carbocycles. The first-order valence-electron chi connectivity index (χ1n) is 8.81. The second kappa shape index (κ2) is 10.6. The SMILES string of the molecule is Cc1ccc(COc2cccc(CNCCc3ccccc3)c2)cc1.Cl. The van der Waals surface area contributed by atoms with E-state index in [1.807, 2.05) is 6.07 Å². The van der Waals surface area contributed by atoms with E-state index in [0.29, 0.717) is 6.61 Å². The lowest BCUT2D eigenvalue weighted by Gasteiger charge is -2.09. The van der Waals surface area contributed by atoms with E-state index in [1.54, 1.807) is 0 Å². The summed E-state index contributed by atoms with van der Waals surface area (Å²) in [4.78, 5) is 0. The maximum absolute atomic E-state index is 5.92. The van der Waals surface area contributed by atoms with Gasteiger partial charge >= 0.3 is 0 Å². The van der Waals surface area contributed by atoms with Gasteiger partial charge in [0, 0.05) is 6.54 Å². The molecule has 0 unspecified atom stereocenters. The van der Waals surface area contributed by atoms with E-state index in [9.17, 15) is 0 Å². The fourth-order valence-corrected chi connectivity index (χ4v) is 2.71. The van der Waals surface area contributed by atoms with E-state index in [1.165, 1.54) is 22.3 Å². The molecule has 1 N–H and O–H groups in total. The Balaban J connectivity index is 0.00000243. The van der Waals surface area contributed by atoms with Gasteiger partial charge in [-0.1, -0.05) is 72.3 Å². The molecule has 0 amide bonds. The molecular formula is C23H26ClNO. The largest absolute Gasteiger partial charge is 0.489 e. The summed E-state index contributed by atoms with van der Waals surface area (Å²) in [6, 6.07) is 27.3. The average molecular weight is 368 g/mol. The van der Waals surface area contributed by atoms with E-state index >= 15 is 0 Å². The fraction of sp³-hybridized carbons (Fsp3) is 0.217. The van der Waals surface area contributed by atoms with Crippen molar-refractivity contribution in [1.82, 2.24) is 5.32 Å². The van der Waals surface area contributed by atoms with Crippen LogP contribution in [0, 0.1) is 6.92 Å². The van der Waals surface area contributed by atoms with Crippen LogP contribution in [0.15, 0.2) is 78.9 Å². The van der Waals surface area contributed by atoms with E-state index in [2.05, 4.69) is 85.0 Å². The van der Waals surface area contributed by atoms with Crippen LogP contribution in [0.4, 0.5) is 0 Å². The Morgan fingerprint density at radius 2 is 1.50 bits per heavy atom. The van der Waals surface area contributed by atoms with E-state index < -0.39 is 0 Å². The molecule has 0 aromatic heterocycles. The number of halogens is 1. The van der Waals surface area contributed by atoms with Crippen LogP contribution in [-0.4, -0.2) is 6.54 Å². The van der Waals surface area contributed by atoms with Gasteiger partial charge in [-0.2, -0.15) is 0 Å². The lowest BCUT2D eigenvalue weighted by Crippen LogP contribution is -2.16. The molecular weight excluding hydrogens is 342 g/mol. The molecule has 3 aromatic rings. The van der Waals surface area contributed by atoms with Gasteiger partial charge in [0.05, 0.1) is 0 Å². The van der Waals surface area contributed by atoms with Gasteiger partial charge in [0.2, 0.25) is 0 Å². The van der Waals surface area contributed by atoms with Crippen molar-refractivity contribution >= 4 is 12.4 Å². The molecule has 0 aliphatic rings. The van der Waals surface area contributed by atoms with Gasteiger partial charge in [-0.3, -0.25) is 0 Å². The van der Waals surface area contributed by atoms with Gasteiger partial charge in [-0.05, 0) is 48.7 Å². The minimum atomic E-state index is 0. The molecule has 3 heteroatoms. The van der Waals surface area contributed by atoms with Crippen LogP contribution in [0.2, 0.25) is 0 Å². The number of nitrogens with one attached hydrogen (secondary N) is 1. The zero-order chi connectivity index (χ0) is 17.3. The zero-order valence-electron chi connectivity index (χ0n) is 15.2. The number of aryl methyl sites for hydroxylation is 1. The van der Waals surface area contributed by atoms with Gasteiger partial charge in [0.25, 0.3) is 0 Å². The monoisotopic (exact) mass is 367 g/mol. The normalized spacial score (nSPS) is 10.2. The Kier molecular flexibility index (Phi) is 8.20. The number of rotatable bonds is 8. The van der Waals surface area contributed by atoms with Crippen LogP contribution < -0.4 is 10.1 Å². The number of hydrogen-bond donors (Lipinski definition) is 1. The predicted octanol–water partition coefficient (Wildman–Crippen LogP) is 5.33. The van der Waals surface area contributed by atoms with Gasteiger partial charge in [-0.15, -0.1) is 12.4 Å². The highest BCUT2D eigenvalue weighted by atomic mass is 35.5. The molecule has 2 nitrogen and oxygen atoms in total. The van der Waals surface area contributed by atoms with Crippen LogP contribution >= 0.6 is 12.4 Å². The van der Waals surface area contributed by atoms with Gasteiger partial charge in [0.1, 0.15) is 12.4 Å². The van der Waals surface area contributed by atoms with Crippen LogP contribution in [0.1, 0.15) is 22.3 Å². The molecule has 0 spiro atoms. The van der Waals surface area contributed by atoms with Crippen molar-refractivity contribution in [3.05, 3.63) is 101 Å². The highest BCUT2D eigenvalue weighted by Gasteiger charge is 1.99. The predicted molar refractivity (Wildman–Crippen MR) is 111 cm³/mol. The van der Waals surface area contributed by atoms with Crippen molar-refractivity contribution in [2.75, 3.05) is 6.54 Å². The third-order valence-corrected chi connectivity index (χ3v) is 4.19. The first-order valence-corrected chi connectivity index (χ1v) is 8.81. The Morgan fingerprint density at radius 3 is 2.27 bits per heavy atom. The smallest absolute Gasteiger partial charge is 0.120 e. The maximum atomic E-state index is 5.92. The first kappa shape index (κ1) is 20.0. The third-order valence-electron chi connectivity index (χ3n) is 4.19.